The molecule has 3 fully saturated rings. The number of hydrogen-bond acceptors (Lipinski definition) is 4. The molecule has 0 amide bonds. The van der Waals surface area contributed by atoms with Crippen LogP contribution in [0.5, 0.6) is 0 Å². The minimum absolute atomic E-state index is 0. The molecule has 3 unspecified atom stereocenters. The minimum atomic E-state index is -3.08. The smallest absolute Gasteiger partial charge is 0.211 e. The van der Waals surface area contributed by atoms with Gasteiger partial charge in [-0.05, 0) is 49.6 Å². The molecule has 3 atom stereocenters. The van der Waals surface area contributed by atoms with Gasteiger partial charge >= 0.3 is 0 Å². The molecule has 1 aromatic carbocycles. The van der Waals surface area contributed by atoms with Crippen molar-refractivity contribution in [3.63, 3.8) is 0 Å². The van der Waals surface area contributed by atoms with Gasteiger partial charge in [0.1, 0.15) is 0 Å². The van der Waals surface area contributed by atoms with Crippen molar-refractivity contribution >= 4 is 40.0 Å². The second-order valence-corrected chi connectivity index (χ2v) is 11.3. The van der Waals surface area contributed by atoms with Gasteiger partial charge in [-0.1, -0.05) is 30.3 Å². The Morgan fingerprint density at radius 3 is 2.56 bits per heavy atom. The first-order chi connectivity index (χ1) is 14.9. The summed E-state index contributed by atoms with van der Waals surface area (Å²) in [5.41, 5.74) is 1.41. The fourth-order valence-corrected chi connectivity index (χ4v) is 6.46. The Bertz CT molecular complexity index is 866. The van der Waals surface area contributed by atoms with Crippen LogP contribution in [0.25, 0.3) is 0 Å². The molecular formula is C23H38IN5O2S. The summed E-state index contributed by atoms with van der Waals surface area (Å²) >= 11 is 0. The van der Waals surface area contributed by atoms with Crippen LogP contribution >= 0.6 is 24.0 Å². The van der Waals surface area contributed by atoms with E-state index in [0.717, 1.165) is 38.6 Å². The fraction of sp³-hybridized carbons (Fsp3) is 0.696. The first-order valence-corrected chi connectivity index (χ1v) is 13.5. The first-order valence-electron chi connectivity index (χ1n) is 11.6. The fourth-order valence-electron chi connectivity index (χ4n) is 5.55. The van der Waals surface area contributed by atoms with Crippen LogP contribution in [0.3, 0.4) is 0 Å². The van der Waals surface area contributed by atoms with E-state index in [1.165, 1.54) is 37.6 Å². The van der Waals surface area contributed by atoms with E-state index in [1.54, 1.807) is 4.31 Å². The molecule has 3 aliphatic rings. The summed E-state index contributed by atoms with van der Waals surface area (Å²) in [4.78, 5) is 9.65. The van der Waals surface area contributed by atoms with Crippen molar-refractivity contribution in [3.05, 3.63) is 35.9 Å². The maximum atomic E-state index is 11.8. The van der Waals surface area contributed by atoms with E-state index in [9.17, 15) is 8.42 Å². The highest BCUT2D eigenvalue weighted by Crippen LogP contribution is 2.31. The number of rotatable bonds is 5. The number of fused-ring (bicyclic) bond motifs is 1. The molecule has 0 aromatic heterocycles. The van der Waals surface area contributed by atoms with Crippen molar-refractivity contribution in [2.75, 3.05) is 52.6 Å². The number of halogens is 1. The van der Waals surface area contributed by atoms with Gasteiger partial charge < -0.3 is 10.2 Å². The molecular weight excluding hydrogens is 537 g/mol. The van der Waals surface area contributed by atoms with E-state index in [2.05, 4.69) is 50.4 Å². The van der Waals surface area contributed by atoms with Gasteiger partial charge in [0.2, 0.25) is 10.0 Å². The van der Waals surface area contributed by atoms with Crippen LogP contribution in [0.15, 0.2) is 35.3 Å². The van der Waals surface area contributed by atoms with Crippen LogP contribution in [-0.2, 0) is 16.6 Å². The molecule has 0 radical (unpaired) electrons. The number of hydrogen-bond donors (Lipinski definition) is 1. The molecule has 3 aliphatic heterocycles. The van der Waals surface area contributed by atoms with E-state index in [1.807, 2.05) is 7.05 Å². The molecule has 1 aromatic rings. The van der Waals surface area contributed by atoms with Gasteiger partial charge in [0.15, 0.2) is 5.96 Å². The van der Waals surface area contributed by atoms with Crippen LogP contribution in [0, 0.1) is 11.8 Å². The minimum Gasteiger partial charge on any atom is -0.356 e. The maximum Gasteiger partial charge on any atom is 0.211 e. The number of piperidine rings is 2. The molecule has 9 heteroatoms. The van der Waals surface area contributed by atoms with Crippen LogP contribution in [0.1, 0.15) is 31.2 Å². The number of benzene rings is 1. The molecule has 3 saturated heterocycles. The Morgan fingerprint density at radius 2 is 1.88 bits per heavy atom. The summed E-state index contributed by atoms with van der Waals surface area (Å²) in [5.74, 6) is 1.99. The quantitative estimate of drug-likeness (QED) is 0.332. The Hall–Kier alpha value is -0.910. The van der Waals surface area contributed by atoms with E-state index >= 15 is 0 Å². The summed E-state index contributed by atoms with van der Waals surface area (Å²) in [6, 6.07) is 11.5. The third-order valence-electron chi connectivity index (χ3n) is 7.19. The third kappa shape index (κ3) is 6.36. The number of sulfonamides is 1. The number of aliphatic imine (C=N–C) groups is 1. The molecule has 0 bridgehead atoms. The van der Waals surface area contributed by atoms with Gasteiger partial charge in [-0.3, -0.25) is 9.89 Å². The lowest BCUT2D eigenvalue weighted by molar-refractivity contribution is 0.0372. The monoisotopic (exact) mass is 575 g/mol. The summed E-state index contributed by atoms with van der Waals surface area (Å²) < 4.78 is 25.1. The highest BCUT2D eigenvalue weighted by molar-refractivity contribution is 14.0. The second-order valence-electron chi connectivity index (χ2n) is 9.36. The molecule has 0 spiro atoms. The lowest BCUT2D eigenvalue weighted by Gasteiger charge is -2.48. The van der Waals surface area contributed by atoms with Crippen molar-refractivity contribution in [3.8, 4) is 0 Å². The van der Waals surface area contributed by atoms with Gasteiger partial charge in [-0.15, -0.1) is 24.0 Å². The Morgan fingerprint density at radius 1 is 1.09 bits per heavy atom. The molecule has 32 heavy (non-hydrogen) atoms. The summed E-state index contributed by atoms with van der Waals surface area (Å²) in [5, 5.41) is 3.54. The topological polar surface area (TPSA) is 68.2 Å². The predicted octanol–water partition coefficient (Wildman–Crippen LogP) is 2.45. The third-order valence-corrected chi connectivity index (χ3v) is 8.46. The zero-order valence-electron chi connectivity index (χ0n) is 19.3. The second kappa shape index (κ2) is 11.5. The van der Waals surface area contributed by atoms with Crippen LogP contribution in [0.4, 0.5) is 0 Å². The number of guanidine groups is 1. The Balaban J connectivity index is 0.00000289. The molecule has 0 aliphatic carbocycles. The largest absolute Gasteiger partial charge is 0.356 e. The normalized spacial score (nSPS) is 27.6. The highest BCUT2D eigenvalue weighted by Gasteiger charge is 2.37. The van der Waals surface area contributed by atoms with Crippen LogP contribution in [0.2, 0.25) is 0 Å². The molecule has 4 rings (SSSR count). The van der Waals surface area contributed by atoms with Crippen molar-refractivity contribution in [1.82, 2.24) is 19.4 Å². The van der Waals surface area contributed by atoms with Crippen molar-refractivity contribution < 1.29 is 8.42 Å². The summed E-state index contributed by atoms with van der Waals surface area (Å²) in [7, 11) is -1.23. The van der Waals surface area contributed by atoms with Gasteiger partial charge in [0.05, 0.1) is 6.26 Å². The van der Waals surface area contributed by atoms with Crippen LogP contribution in [-0.4, -0.2) is 87.1 Å². The number of likely N-dealkylation sites (tertiary alicyclic amines) is 2. The van der Waals surface area contributed by atoms with Gasteiger partial charge in [0, 0.05) is 52.4 Å². The van der Waals surface area contributed by atoms with Gasteiger partial charge in [-0.25, -0.2) is 12.7 Å². The standard InChI is InChI=1S/C23H37N5O2S.HI/c1-24-23(25-15-20-10-14-28(17-20)31(2,29)30)27-13-11-22-21(18-27)9-6-12-26(22)16-19-7-4-3-5-8-19;/h3-5,7-8,20-22H,6,9-18H2,1-2H3,(H,24,25);1H. The van der Waals surface area contributed by atoms with Crippen molar-refractivity contribution in [2.45, 2.75) is 38.3 Å². The molecule has 3 heterocycles. The van der Waals surface area contributed by atoms with Gasteiger partial charge in [0.25, 0.3) is 0 Å². The predicted molar refractivity (Wildman–Crippen MR) is 141 cm³/mol. The molecule has 1 N–H and O–H groups in total. The summed E-state index contributed by atoms with van der Waals surface area (Å²) in [6.45, 7) is 6.34. The zero-order valence-corrected chi connectivity index (χ0v) is 22.5. The zero-order chi connectivity index (χ0) is 21.8. The summed E-state index contributed by atoms with van der Waals surface area (Å²) in [6.07, 6.45) is 5.93. The lowest BCUT2D eigenvalue weighted by Crippen LogP contribution is -2.57. The lowest BCUT2D eigenvalue weighted by atomic mass is 9.83. The highest BCUT2D eigenvalue weighted by atomic mass is 127. The SMILES string of the molecule is CN=C(NCC1CCN(S(C)(=O)=O)C1)N1CCC2C(CCCN2Cc2ccccc2)C1.I. The molecule has 0 saturated carbocycles. The van der Waals surface area contributed by atoms with Gasteiger partial charge in [-0.2, -0.15) is 0 Å². The van der Waals surface area contributed by atoms with Crippen LogP contribution < -0.4 is 5.32 Å². The average molecular weight is 576 g/mol. The maximum absolute atomic E-state index is 11.8. The molecule has 7 nitrogen and oxygen atoms in total. The molecule has 180 valence electrons. The Labute approximate surface area is 210 Å². The van der Waals surface area contributed by atoms with E-state index in [-0.39, 0.29) is 24.0 Å². The van der Waals surface area contributed by atoms with E-state index in [4.69, 9.17) is 0 Å². The van der Waals surface area contributed by atoms with Crippen molar-refractivity contribution in [2.24, 2.45) is 16.8 Å². The average Bonchev–Trinajstić information content (AvgIpc) is 3.25. The van der Waals surface area contributed by atoms with E-state index < -0.39 is 10.0 Å². The first kappa shape index (κ1) is 25.7. The van der Waals surface area contributed by atoms with Crippen molar-refractivity contribution in [1.29, 1.82) is 0 Å². The number of nitrogens with one attached hydrogen (secondary N) is 1. The van der Waals surface area contributed by atoms with E-state index in [0.29, 0.717) is 31.0 Å². The number of nitrogens with zero attached hydrogens (tertiary/aromatic N) is 4. The Kier molecular flexibility index (Phi) is 9.23.